The average molecular weight is 928 g/mol. The van der Waals surface area contributed by atoms with Gasteiger partial charge in [0, 0.05) is 38.0 Å². The summed E-state index contributed by atoms with van der Waals surface area (Å²) >= 11 is 0.238. The molecule has 1 N–H and O–H groups in total. The van der Waals surface area contributed by atoms with E-state index in [1.54, 1.807) is 11.1 Å². The molecule has 1 radical (unpaired) electrons. The third-order valence-electron chi connectivity index (χ3n) is 11.3. The molecule has 0 saturated carbocycles. The average Bonchev–Trinajstić information content (AvgIpc) is 3.45. The molecule has 1 aliphatic carbocycles. The molecule has 3 nitrogen and oxygen atoms in total. The van der Waals surface area contributed by atoms with Crippen molar-refractivity contribution in [3.05, 3.63) is 89.3 Å². The van der Waals surface area contributed by atoms with Crippen LogP contribution in [0.25, 0.3) is 41.3 Å². The van der Waals surface area contributed by atoms with Crippen molar-refractivity contribution in [3.63, 3.8) is 0 Å². The van der Waals surface area contributed by atoms with Gasteiger partial charge in [-0.2, -0.15) is 0 Å². The van der Waals surface area contributed by atoms with Crippen molar-refractivity contribution < 1.29 is 30.0 Å². The van der Waals surface area contributed by atoms with Crippen LogP contribution in [0.15, 0.2) is 66.6 Å². The maximum atomic E-state index is 11.7. The Labute approximate surface area is 326 Å². The molecule has 0 bridgehead atoms. The molecule has 0 fully saturated rings. The van der Waals surface area contributed by atoms with Gasteiger partial charge >= 0.3 is 216 Å². The molecule has 2 aromatic heterocycles. The number of fused-ring (bicyclic) bond motifs is 5. The van der Waals surface area contributed by atoms with E-state index in [2.05, 4.69) is 103 Å². The van der Waals surface area contributed by atoms with Crippen LogP contribution in [0.4, 0.5) is 0 Å². The molecule has 0 amide bonds. The maximum absolute atomic E-state index is 11.7. The second-order valence-electron chi connectivity index (χ2n) is 16.7. The van der Waals surface area contributed by atoms with Crippen molar-refractivity contribution >= 4 is 50.4 Å². The van der Waals surface area contributed by atoms with Gasteiger partial charge in [0.15, 0.2) is 5.78 Å². The summed E-state index contributed by atoms with van der Waals surface area (Å²) in [6.07, 6.45) is 9.41. The fourth-order valence-corrected chi connectivity index (χ4v) is 10.3. The summed E-state index contributed by atoms with van der Waals surface area (Å²) < 4.78 is 2.93. The number of benzene rings is 3. The number of aromatic nitrogens is 1. The number of hydrogen-bond donors (Lipinski definition) is 1. The van der Waals surface area contributed by atoms with Gasteiger partial charge in [-0.1, -0.05) is 27.7 Å². The van der Waals surface area contributed by atoms with Gasteiger partial charge in [-0.25, -0.2) is 0 Å². The van der Waals surface area contributed by atoms with E-state index in [1.807, 2.05) is 33.9 Å². The third-order valence-corrected chi connectivity index (χ3v) is 13.7. The first kappa shape index (κ1) is 41.2. The smallest absolute Gasteiger partial charge is 0.162 e. The Bertz CT molecular complexity index is 2040. The van der Waals surface area contributed by atoms with Crippen LogP contribution < -0.4 is 0 Å². The normalized spacial score (nSPS) is 15.5. The van der Waals surface area contributed by atoms with Crippen LogP contribution in [0, 0.1) is 17.9 Å². The van der Waals surface area contributed by atoms with E-state index >= 15 is 0 Å². The number of pyridine rings is 1. The Kier molecular flexibility index (Phi) is 13.1. The minimum atomic E-state index is 0. The first-order valence-electron chi connectivity index (χ1n) is 18.8. The van der Waals surface area contributed by atoms with Gasteiger partial charge in [0.25, 0.3) is 0 Å². The zero-order chi connectivity index (χ0) is 36.6. The molecule has 2 heterocycles. The Hall–Kier alpha value is -2.55. The van der Waals surface area contributed by atoms with Crippen LogP contribution >= 0.6 is 0 Å². The fraction of sp³-hybridized carbons (Fsp3) is 0.478. The van der Waals surface area contributed by atoms with Gasteiger partial charge in [-0.05, 0) is 25.7 Å². The fourth-order valence-electron chi connectivity index (χ4n) is 7.71. The first-order valence-corrected chi connectivity index (χ1v) is 20.5. The summed E-state index contributed by atoms with van der Waals surface area (Å²) in [4.78, 5) is 16.7. The van der Waals surface area contributed by atoms with Crippen LogP contribution in [0.3, 0.4) is 0 Å². The van der Waals surface area contributed by atoms with Gasteiger partial charge < -0.3 is 5.11 Å². The van der Waals surface area contributed by atoms with Crippen LogP contribution in [0.2, 0.25) is 0 Å². The van der Waals surface area contributed by atoms with E-state index in [9.17, 15) is 9.90 Å². The summed E-state index contributed by atoms with van der Waals surface area (Å²) in [6.45, 7) is 24.7. The summed E-state index contributed by atoms with van der Waals surface area (Å²) in [5.74, 6) is 0.547. The molecule has 5 heteroatoms. The Morgan fingerprint density at radius 2 is 1.45 bits per heavy atom. The van der Waals surface area contributed by atoms with Crippen molar-refractivity contribution in [2.45, 2.75) is 131 Å². The Balaban J connectivity index is 0.000000312. The topological polar surface area (TPSA) is 50.2 Å². The van der Waals surface area contributed by atoms with Crippen LogP contribution in [0.1, 0.15) is 131 Å². The summed E-state index contributed by atoms with van der Waals surface area (Å²) in [5.41, 5.74) is 7.22. The van der Waals surface area contributed by atoms with Gasteiger partial charge in [0.1, 0.15) is 0 Å². The van der Waals surface area contributed by atoms with Crippen LogP contribution in [-0.4, -0.2) is 30.4 Å². The van der Waals surface area contributed by atoms with Crippen molar-refractivity contribution in [2.75, 3.05) is 0 Å². The number of aliphatic hydroxyl groups is 1. The number of rotatable bonds is 8. The molecular formula is C46H58IrNO2Se-. The van der Waals surface area contributed by atoms with E-state index in [1.165, 1.54) is 54.5 Å². The van der Waals surface area contributed by atoms with E-state index in [-0.39, 0.29) is 74.2 Å². The Morgan fingerprint density at radius 1 is 0.863 bits per heavy atom. The van der Waals surface area contributed by atoms with Crippen molar-refractivity contribution in [1.29, 1.82) is 0 Å². The molecule has 0 aliphatic heterocycles. The molecule has 275 valence electrons. The molecule has 5 aromatic rings. The van der Waals surface area contributed by atoms with Gasteiger partial charge in [-0.3, -0.25) is 4.79 Å². The number of allylic oxidation sites excluding steroid dienone is 2. The van der Waals surface area contributed by atoms with Gasteiger partial charge in [-0.15, -0.1) is 0 Å². The SMILES string of the molecule is CC(C)(C)c1cc(-c2nccc3c2[se]c2cc4c(cc23)C(C)(C)CCC4(C)C)[c-]c2ccccc12.CCC(CC)C(=O)/C=C(\O)C(CC)CC.[Ir]. The molecule has 0 unspecified atom stereocenters. The molecule has 51 heavy (non-hydrogen) atoms. The van der Waals surface area contributed by atoms with Crippen molar-refractivity contribution in [1.82, 2.24) is 4.98 Å². The molecule has 1 aliphatic rings. The van der Waals surface area contributed by atoms with E-state index in [0.717, 1.165) is 36.9 Å². The second-order valence-corrected chi connectivity index (χ2v) is 18.9. The zero-order valence-electron chi connectivity index (χ0n) is 32.7. The van der Waals surface area contributed by atoms with Crippen molar-refractivity contribution in [3.8, 4) is 11.3 Å². The number of hydrogen-bond acceptors (Lipinski definition) is 3. The first-order chi connectivity index (χ1) is 23.6. The van der Waals surface area contributed by atoms with Gasteiger partial charge in [0.05, 0.1) is 5.76 Å². The molecule has 0 spiro atoms. The van der Waals surface area contributed by atoms with Crippen LogP contribution in [-0.2, 0) is 41.1 Å². The zero-order valence-corrected chi connectivity index (χ0v) is 36.8. The van der Waals surface area contributed by atoms with Crippen molar-refractivity contribution in [2.24, 2.45) is 11.8 Å². The number of carbonyl (C=O) groups excluding carboxylic acids is 1. The van der Waals surface area contributed by atoms with E-state index in [4.69, 9.17) is 4.98 Å². The van der Waals surface area contributed by atoms with Crippen LogP contribution in [0.5, 0.6) is 0 Å². The van der Waals surface area contributed by atoms with E-state index < -0.39 is 0 Å². The predicted octanol–water partition coefficient (Wildman–Crippen LogP) is 12.6. The number of ketones is 1. The quantitative estimate of drug-likeness (QED) is 0.0730. The number of carbonyl (C=O) groups is 1. The second kappa shape index (κ2) is 16.2. The monoisotopic (exact) mass is 929 g/mol. The minimum absolute atomic E-state index is 0. The maximum Gasteiger partial charge on any atom is 0.162 e. The number of nitrogens with zero attached hydrogens (tertiary/aromatic N) is 1. The molecule has 3 aromatic carbocycles. The summed E-state index contributed by atoms with van der Waals surface area (Å²) in [6, 6.07) is 22.1. The van der Waals surface area contributed by atoms with E-state index in [0.29, 0.717) is 0 Å². The molecular weight excluding hydrogens is 870 g/mol. The predicted molar refractivity (Wildman–Crippen MR) is 216 cm³/mol. The Morgan fingerprint density at radius 3 is 2.04 bits per heavy atom. The molecule has 0 atom stereocenters. The summed E-state index contributed by atoms with van der Waals surface area (Å²) in [5, 5.41) is 15.0. The molecule has 6 rings (SSSR count). The molecule has 0 saturated heterocycles. The standard InChI is InChI=1S/C33H34NSe.C13H24O2.Ir/c1-31(2,3)25-17-21(16-20-10-8-9-11-22(20)25)29-30-23(12-15-34-29)24-18-26-27(19-28(24)35-30)33(6,7)14-13-32(26,4)5;1-5-10(6-2)12(14)9-13(15)11(7-3)8-4;/h8-12,15,17-19H,13-14H2,1-7H3;9-11,14H,5-8H2,1-4H3;/q-1;;/b;12-9-;. The van der Waals surface area contributed by atoms with Gasteiger partial charge in [0.2, 0.25) is 0 Å². The largest absolute Gasteiger partial charge is 0.512 e. The number of aliphatic hydroxyl groups excluding tert-OH is 1. The summed E-state index contributed by atoms with van der Waals surface area (Å²) in [7, 11) is 0. The third kappa shape index (κ3) is 8.49. The minimum Gasteiger partial charge on any atom is -0.512 e.